The van der Waals surface area contributed by atoms with Crippen molar-refractivity contribution in [2.24, 2.45) is 5.92 Å². The van der Waals surface area contributed by atoms with Crippen LogP contribution in [-0.4, -0.2) is 6.17 Å². The lowest BCUT2D eigenvalue weighted by Gasteiger charge is -2.11. The van der Waals surface area contributed by atoms with Crippen molar-refractivity contribution >= 4 is 0 Å². The van der Waals surface area contributed by atoms with Crippen molar-refractivity contribution in [1.29, 1.82) is 0 Å². The van der Waals surface area contributed by atoms with E-state index in [4.69, 9.17) is 0 Å². The molecule has 0 aliphatic rings. The van der Waals surface area contributed by atoms with E-state index in [1.165, 1.54) is 0 Å². The van der Waals surface area contributed by atoms with Crippen molar-refractivity contribution in [1.82, 2.24) is 0 Å². The van der Waals surface area contributed by atoms with Crippen LogP contribution in [0.2, 0.25) is 0 Å². The minimum Gasteiger partial charge on any atom is -0.247 e. The molecule has 1 heteroatoms. The number of hydrogen-bond acceptors (Lipinski definition) is 0. The molecule has 1 unspecified atom stereocenters. The van der Waals surface area contributed by atoms with Crippen LogP contribution in [0.5, 0.6) is 0 Å². The maximum Gasteiger partial charge on any atom is 0.100 e. The summed E-state index contributed by atoms with van der Waals surface area (Å²) in [7, 11) is 0. The normalized spacial score (nSPS) is 16.8. The Balaban J connectivity index is 3.27. The third-order valence-electron chi connectivity index (χ3n) is 1.96. The summed E-state index contributed by atoms with van der Waals surface area (Å²) >= 11 is 0. The van der Waals surface area contributed by atoms with Gasteiger partial charge >= 0.3 is 0 Å². The molecule has 0 bridgehead atoms. The molecule has 0 aromatic heterocycles. The highest BCUT2D eigenvalue weighted by Crippen LogP contribution is 2.15. The van der Waals surface area contributed by atoms with Gasteiger partial charge in [-0.2, -0.15) is 0 Å². The quantitative estimate of drug-likeness (QED) is 0.556. The lowest BCUT2D eigenvalue weighted by Crippen LogP contribution is -2.05. The van der Waals surface area contributed by atoms with E-state index in [0.29, 0.717) is 5.92 Å². The summed E-state index contributed by atoms with van der Waals surface area (Å²) in [5.41, 5.74) is 0. The second-order valence-electron chi connectivity index (χ2n) is 3.14. The molecule has 10 heavy (non-hydrogen) atoms. The monoisotopic (exact) mass is 146 g/mol. The molecule has 0 aliphatic carbocycles. The molecule has 0 aromatic carbocycles. The first-order chi connectivity index (χ1) is 4.70. The molecule has 0 heterocycles. The van der Waals surface area contributed by atoms with Crippen LogP contribution < -0.4 is 0 Å². The molecule has 0 N–H and O–H groups in total. The van der Waals surface area contributed by atoms with Crippen LogP contribution in [0.1, 0.15) is 46.5 Å². The van der Waals surface area contributed by atoms with Crippen LogP contribution in [0.3, 0.4) is 0 Å². The van der Waals surface area contributed by atoms with Crippen LogP contribution in [0.4, 0.5) is 4.39 Å². The van der Waals surface area contributed by atoms with Gasteiger partial charge in [0.05, 0.1) is 0 Å². The Labute approximate surface area is 63.8 Å². The van der Waals surface area contributed by atoms with Gasteiger partial charge in [0, 0.05) is 0 Å². The summed E-state index contributed by atoms with van der Waals surface area (Å²) < 4.78 is 12.8. The van der Waals surface area contributed by atoms with E-state index in [2.05, 4.69) is 13.8 Å². The standard InChI is InChI=1S/C9H19F/c1-4-6-9(10)7-8(3)5-2/h8-9H,4-7H2,1-3H3/t8-,9?/m0/s1. The number of halogens is 1. The molecule has 0 nitrogen and oxygen atoms in total. The maximum absolute atomic E-state index is 12.8. The first-order valence-electron chi connectivity index (χ1n) is 4.34. The molecular formula is C9H19F. The molecule has 0 spiro atoms. The fourth-order valence-electron chi connectivity index (χ4n) is 1.03. The van der Waals surface area contributed by atoms with Gasteiger partial charge in [0.25, 0.3) is 0 Å². The summed E-state index contributed by atoms with van der Waals surface area (Å²) in [6.07, 6.45) is 3.01. The van der Waals surface area contributed by atoms with E-state index >= 15 is 0 Å². The van der Waals surface area contributed by atoms with Crippen molar-refractivity contribution in [3.63, 3.8) is 0 Å². The van der Waals surface area contributed by atoms with E-state index in [1.54, 1.807) is 0 Å². The maximum atomic E-state index is 12.8. The van der Waals surface area contributed by atoms with Gasteiger partial charge in [-0.25, -0.2) is 4.39 Å². The third-order valence-corrected chi connectivity index (χ3v) is 1.96. The summed E-state index contributed by atoms with van der Waals surface area (Å²) in [4.78, 5) is 0. The first kappa shape index (κ1) is 9.93. The van der Waals surface area contributed by atoms with E-state index in [-0.39, 0.29) is 0 Å². The Morgan fingerprint density at radius 1 is 1.30 bits per heavy atom. The van der Waals surface area contributed by atoms with Gasteiger partial charge in [-0.3, -0.25) is 0 Å². The predicted molar refractivity (Wildman–Crippen MR) is 43.9 cm³/mol. The Bertz CT molecular complexity index is 71.1. The molecule has 62 valence electrons. The van der Waals surface area contributed by atoms with E-state index in [0.717, 1.165) is 25.7 Å². The molecule has 0 saturated carbocycles. The number of rotatable bonds is 5. The van der Waals surface area contributed by atoms with Gasteiger partial charge in [-0.1, -0.05) is 33.6 Å². The topological polar surface area (TPSA) is 0 Å². The summed E-state index contributed by atoms with van der Waals surface area (Å²) in [5.74, 6) is 0.557. The van der Waals surface area contributed by atoms with Crippen molar-refractivity contribution in [3.8, 4) is 0 Å². The molecule has 0 radical (unpaired) electrons. The fraction of sp³-hybridized carbons (Fsp3) is 1.00. The van der Waals surface area contributed by atoms with Crippen molar-refractivity contribution in [3.05, 3.63) is 0 Å². The Morgan fingerprint density at radius 2 is 1.90 bits per heavy atom. The molecule has 2 atom stereocenters. The van der Waals surface area contributed by atoms with Crippen LogP contribution in [-0.2, 0) is 0 Å². The Hall–Kier alpha value is -0.0700. The highest BCUT2D eigenvalue weighted by molar-refractivity contribution is 4.59. The Kier molecular flexibility index (Phi) is 5.66. The van der Waals surface area contributed by atoms with Gasteiger partial charge in [0.1, 0.15) is 6.17 Å². The highest BCUT2D eigenvalue weighted by atomic mass is 19.1. The second kappa shape index (κ2) is 5.70. The largest absolute Gasteiger partial charge is 0.247 e. The van der Waals surface area contributed by atoms with Gasteiger partial charge in [-0.05, 0) is 18.8 Å². The van der Waals surface area contributed by atoms with Gasteiger partial charge < -0.3 is 0 Å². The number of hydrogen-bond donors (Lipinski definition) is 0. The minimum atomic E-state index is -0.556. The minimum absolute atomic E-state index is 0.556. The molecule has 0 aliphatic heterocycles. The van der Waals surface area contributed by atoms with Crippen molar-refractivity contribution in [2.45, 2.75) is 52.6 Å². The zero-order valence-electron chi connectivity index (χ0n) is 7.36. The fourth-order valence-corrected chi connectivity index (χ4v) is 1.03. The van der Waals surface area contributed by atoms with Gasteiger partial charge in [0.15, 0.2) is 0 Å². The SMILES string of the molecule is CCCC(F)C[C@@H](C)CC. The van der Waals surface area contributed by atoms with Crippen LogP contribution >= 0.6 is 0 Å². The lowest BCUT2D eigenvalue weighted by atomic mass is 10.00. The predicted octanol–water partition coefficient (Wildman–Crippen LogP) is 3.56. The average Bonchev–Trinajstić information content (AvgIpc) is 1.88. The molecule has 0 amide bonds. The summed E-state index contributed by atoms with van der Waals surface area (Å²) in [6.45, 7) is 6.26. The van der Waals surface area contributed by atoms with Crippen molar-refractivity contribution in [2.75, 3.05) is 0 Å². The smallest absolute Gasteiger partial charge is 0.100 e. The van der Waals surface area contributed by atoms with E-state index in [1.807, 2.05) is 6.92 Å². The molecule has 0 fully saturated rings. The van der Waals surface area contributed by atoms with Crippen LogP contribution in [0.15, 0.2) is 0 Å². The van der Waals surface area contributed by atoms with Gasteiger partial charge in [-0.15, -0.1) is 0 Å². The second-order valence-corrected chi connectivity index (χ2v) is 3.14. The Morgan fingerprint density at radius 3 is 2.30 bits per heavy atom. The van der Waals surface area contributed by atoms with Gasteiger partial charge in [0.2, 0.25) is 0 Å². The number of alkyl halides is 1. The highest BCUT2D eigenvalue weighted by Gasteiger charge is 2.08. The van der Waals surface area contributed by atoms with Crippen LogP contribution in [0.25, 0.3) is 0 Å². The first-order valence-corrected chi connectivity index (χ1v) is 4.34. The third kappa shape index (κ3) is 4.78. The summed E-state index contributed by atoms with van der Waals surface area (Å²) in [6, 6.07) is 0. The van der Waals surface area contributed by atoms with Crippen LogP contribution in [0, 0.1) is 5.92 Å². The molecule has 0 saturated heterocycles. The van der Waals surface area contributed by atoms with E-state index in [9.17, 15) is 4.39 Å². The average molecular weight is 146 g/mol. The molecule has 0 rings (SSSR count). The molecular weight excluding hydrogens is 127 g/mol. The van der Waals surface area contributed by atoms with Crippen molar-refractivity contribution < 1.29 is 4.39 Å². The van der Waals surface area contributed by atoms with E-state index < -0.39 is 6.17 Å². The zero-order valence-corrected chi connectivity index (χ0v) is 7.36. The molecule has 0 aromatic rings. The zero-order chi connectivity index (χ0) is 7.98. The lowest BCUT2D eigenvalue weighted by molar-refractivity contribution is 0.256. The summed E-state index contributed by atoms with van der Waals surface area (Å²) in [5, 5.41) is 0.